The number of alkyl halides is 1. The number of rotatable bonds is 4. The summed E-state index contributed by atoms with van der Waals surface area (Å²) in [6.07, 6.45) is 5.87. The van der Waals surface area contributed by atoms with Crippen LogP contribution in [0.3, 0.4) is 0 Å². The lowest BCUT2D eigenvalue weighted by Crippen LogP contribution is -2.66. The number of hydrogen-bond donors (Lipinski definition) is 2. The van der Waals surface area contributed by atoms with Gasteiger partial charge in [0, 0.05) is 27.9 Å². The number of halogens is 1. The van der Waals surface area contributed by atoms with E-state index in [4.69, 9.17) is 0 Å². The maximum atomic E-state index is 12.9. The van der Waals surface area contributed by atoms with Gasteiger partial charge in [0.1, 0.15) is 5.54 Å². The molecule has 0 heterocycles. The molecule has 0 spiro atoms. The summed E-state index contributed by atoms with van der Waals surface area (Å²) in [7, 11) is 0. The summed E-state index contributed by atoms with van der Waals surface area (Å²) in [5.74, 6) is 1.16. The van der Waals surface area contributed by atoms with Crippen LogP contribution in [0, 0.1) is 18.8 Å². The molecule has 3 fully saturated rings. The number of anilines is 1. The number of amides is 1. The van der Waals surface area contributed by atoms with Crippen molar-refractivity contribution in [2.24, 2.45) is 11.8 Å². The van der Waals surface area contributed by atoms with Crippen LogP contribution in [-0.2, 0) is 4.79 Å². The largest absolute Gasteiger partial charge is 0.372 e. The first-order chi connectivity index (χ1) is 11.3. The zero-order valence-corrected chi connectivity index (χ0v) is 16.1. The van der Waals surface area contributed by atoms with E-state index in [2.05, 4.69) is 51.7 Å². The maximum Gasteiger partial charge on any atom is 0.245 e. The summed E-state index contributed by atoms with van der Waals surface area (Å²) < 4.78 is 0.293. The van der Waals surface area contributed by atoms with Gasteiger partial charge in [0.05, 0.1) is 0 Å². The molecule has 1 amide bonds. The third-order valence-corrected chi connectivity index (χ3v) is 6.94. The highest BCUT2D eigenvalue weighted by atomic mass is 79.9. The Bertz CT molecular complexity index is 691. The highest BCUT2D eigenvalue weighted by molar-refractivity contribution is 9.10. The molecule has 3 saturated carbocycles. The van der Waals surface area contributed by atoms with Crippen molar-refractivity contribution in [1.29, 1.82) is 0 Å². The number of allylic oxidation sites excluding steroid dienone is 1. The molecule has 0 unspecified atom stereocenters. The summed E-state index contributed by atoms with van der Waals surface area (Å²) in [5.41, 5.74) is 3.16. The number of hydrogen-bond acceptors (Lipinski definition) is 2. The molecule has 5 aliphatic rings. The quantitative estimate of drug-likeness (QED) is 0.599. The van der Waals surface area contributed by atoms with Crippen molar-refractivity contribution in [3.8, 4) is 0 Å². The Labute approximate surface area is 152 Å². The molecule has 0 aliphatic heterocycles. The summed E-state index contributed by atoms with van der Waals surface area (Å²) in [6, 6.07) is 8.49. The van der Waals surface area contributed by atoms with E-state index in [1.54, 1.807) is 5.57 Å². The first-order valence-electron chi connectivity index (χ1n) is 8.82. The second-order valence-corrected chi connectivity index (χ2v) is 9.98. The molecule has 2 N–H and O–H groups in total. The fourth-order valence-corrected chi connectivity index (χ4v) is 5.43. The summed E-state index contributed by atoms with van der Waals surface area (Å²) in [4.78, 5) is 12.9. The van der Waals surface area contributed by atoms with E-state index in [-0.39, 0.29) is 5.91 Å². The molecule has 4 atom stereocenters. The number of benzene rings is 1. The van der Waals surface area contributed by atoms with E-state index >= 15 is 0 Å². The van der Waals surface area contributed by atoms with Gasteiger partial charge in [0.25, 0.3) is 0 Å². The highest BCUT2D eigenvalue weighted by Gasteiger charge is 2.58. The molecule has 0 aromatic heterocycles. The van der Waals surface area contributed by atoms with Gasteiger partial charge in [-0.15, -0.1) is 0 Å². The van der Waals surface area contributed by atoms with Crippen molar-refractivity contribution >= 4 is 27.5 Å². The lowest BCUT2D eigenvalue weighted by atomic mass is 9.50. The molecule has 6 rings (SSSR count). The molecule has 1 aromatic carbocycles. The monoisotopic (exact) mass is 388 g/mol. The molecular weight excluding hydrogens is 364 g/mol. The Balaban J connectivity index is 1.42. The van der Waals surface area contributed by atoms with Crippen LogP contribution >= 0.6 is 15.9 Å². The van der Waals surface area contributed by atoms with Gasteiger partial charge in [0.2, 0.25) is 5.91 Å². The van der Waals surface area contributed by atoms with Gasteiger partial charge >= 0.3 is 0 Å². The standard InChI is InChI=1S/C20H25BrN2O/c1-12-4-6-13(7-5-12)23-19(2,3)18(24)22-17-15-10-20(21)9-8-14(15)16(17)11-20/h4-8,15-17,23H,9-11H2,1-3H3,(H,22,24)/t15-,16+,17-,20-. The minimum absolute atomic E-state index is 0.0878. The average molecular weight is 389 g/mol. The summed E-state index contributed by atoms with van der Waals surface area (Å²) in [5, 5.41) is 6.70. The molecule has 128 valence electrons. The van der Waals surface area contributed by atoms with Crippen LogP contribution in [0.4, 0.5) is 5.69 Å². The first-order valence-corrected chi connectivity index (χ1v) is 9.61. The van der Waals surface area contributed by atoms with Crippen LogP contribution in [0.1, 0.15) is 38.7 Å². The Hall–Kier alpha value is -1.29. The number of nitrogens with one attached hydrogen (secondary N) is 2. The van der Waals surface area contributed by atoms with Crippen LogP contribution in [0.2, 0.25) is 0 Å². The Morgan fingerprint density at radius 3 is 2.42 bits per heavy atom. The predicted molar refractivity (Wildman–Crippen MR) is 101 cm³/mol. The normalized spacial score (nSPS) is 33.5. The van der Waals surface area contributed by atoms with Gasteiger partial charge < -0.3 is 10.6 Å². The van der Waals surface area contributed by atoms with Crippen molar-refractivity contribution in [3.05, 3.63) is 41.5 Å². The number of aryl methyl sites for hydroxylation is 1. The molecule has 4 bridgehead atoms. The zero-order chi connectivity index (χ0) is 17.1. The van der Waals surface area contributed by atoms with Gasteiger partial charge in [-0.2, -0.15) is 0 Å². The number of fused-ring (bicyclic) bond motifs is 1. The topological polar surface area (TPSA) is 41.1 Å². The number of carbonyl (C=O) groups is 1. The van der Waals surface area contributed by atoms with Gasteiger partial charge in [-0.05, 0) is 52.2 Å². The number of carbonyl (C=O) groups excluding carboxylic acids is 1. The van der Waals surface area contributed by atoms with Crippen LogP contribution in [0.25, 0.3) is 0 Å². The molecule has 0 radical (unpaired) electrons. The van der Waals surface area contributed by atoms with Crippen LogP contribution < -0.4 is 10.6 Å². The van der Waals surface area contributed by atoms with Gasteiger partial charge in [0.15, 0.2) is 0 Å². The maximum absolute atomic E-state index is 12.9. The van der Waals surface area contributed by atoms with E-state index in [9.17, 15) is 4.79 Å². The predicted octanol–water partition coefficient (Wildman–Crippen LogP) is 4.17. The molecule has 24 heavy (non-hydrogen) atoms. The van der Waals surface area contributed by atoms with Crippen LogP contribution in [0.15, 0.2) is 35.9 Å². The van der Waals surface area contributed by atoms with Crippen LogP contribution in [0.5, 0.6) is 0 Å². The van der Waals surface area contributed by atoms with Crippen molar-refractivity contribution in [3.63, 3.8) is 0 Å². The van der Waals surface area contributed by atoms with Gasteiger partial charge in [-0.1, -0.05) is 45.3 Å². The smallest absolute Gasteiger partial charge is 0.245 e. The van der Waals surface area contributed by atoms with E-state index < -0.39 is 5.54 Å². The summed E-state index contributed by atoms with van der Waals surface area (Å²) in [6.45, 7) is 5.97. The second kappa shape index (κ2) is 5.35. The third-order valence-electron chi connectivity index (χ3n) is 5.97. The SMILES string of the molecule is Cc1ccc(NC(C)(C)C(=O)N[C@@H]2[C@@H]3C[C@]4(Br)CC=C3[C@@H]2C4)cc1. The molecular formula is C20H25BrN2O. The van der Waals surface area contributed by atoms with Crippen molar-refractivity contribution in [2.45, 2.75) is 55.9 Å². The van der Waals surface area contributed by atoms with E-state index in [0.717, 1.165) is 24.9 Å². The lowest BCUT2D eigenvalue weighted by molar-refractivity contribution is -0.127. The van der Waals surface area contributed by atoms with Gasteiger partial charge in [-0.3, -0.25) is 4.79 Å². The second-order valence-electron chi connectivity index (χ2n) is 8.30. The lowest BCUT2D eigenvalue weighted by Gasteiger charge is -2.61. The first kappa shape index (κ1) is 16.2. The Kier molecular flexibility index (Phi) is 3.61. The van der Waals surface area contributed by atoms with Gasteiger partial charge in [-0.25, -0.2) is 0 Å². The molecule has 1 aromatic rings. The van der Waals surface area contributed by atoms with E-state index in [1.165, 1.54) is 5.56 Å². The highest BCUT2D eigenvalue weighted by Crippen LogP contribution is 2.61. The Morgan fingerprint density at radius 1 is 1.21 bits per heavy atom. The van der Waals surface area contributed by atoms with Crippen molar-refractivity contribution in [1.82, 2.24) is 5.32 Å². The zero-order valence-electron chi connectivity index (χ0n) is 14.5. The van der Waals surface area contributed by atoms with E-state index in [0.29, 0.717) is 22.2 Å². The van der Waals surface area contributed by atoms with Crippen molar-refractivity contribution < 1.29 is 4.79 Å². The summed E-state index contributed by atoms with van der Waals surface area (Å²) >= 11 is 3.92. The third kappa shape index (κ3) is 2.59. The molecule has 4 heteroatoms. The minimum Gasteiger partial charge on any atom is -0.372 e. The average Bonchev–Trinajstić information content (AvgIpc) is 2.53. The van der Waals surface area contributed by atoms with E-state index in [1.807, 2.05) is 26.0 Å². The van der Waals surface area contributed by atoms with Crippen molar-refractivity contribution in [2.75, 3.05) is 5.32 Å². The molecule has 3 nitrogen and oxygen atoms in total. The molecule has 5 aliphatic carbocycles. The fourth-order valence-electron chi connectivity index (χ4n) is 4.57. The Morgan fingerprint density at radius 2 is 1.83 bits per heavy atom. The minimum atomic E-state index is -0.626. The van der Waals surface area contributed by atoms with Crippen LogP contribution in [-0.4, -0.2) is 21.8 Å². The fraction of sp³-hybridized carbons (Fsp3) is 0.550. The molecule has 0 saturated heterocycles.